The first-order valence-corrected chi connectivity index (χ1v) is 17.1. The van der Waals surface area contributed by atoms with Crippen molar-refractivity contribution < 1.29 is 9.13 Å². The van der Waals surface area contributed by atoms with Crippen LogP contribution in [-0.4, -0.2) is 4.57 Å². The molecule has 5 heterocycles. The second-order valence-corrected chi connectivity index (χ2v) is 13.7. The Bertz CT molecular complexity index is 2260. The fourth-order valence-corrected chi connectivity index (χ4v) is 8.76. The molecule has 4 atom stereocenters. The third-order valence-electron chi connectivity index (χ3n) is 11.0. The number of nitrogens with zero attached hydrogens (tertiary/aromatic N) is 3. The van der Waals surface area contributed by atoms with Crippen molar-refractivity contribution in [1.29, 1.82) is 0 Å². The lowest BCUT2D eigenvalue weighted by atomic mass is 9.68. The van der Waals surface area contributed by atoms with Crippen LogP contribution in [0.3, 0.4) is 0 Å². The van der Waals surface area contributed by atoms with Gasteiger partial charge < -0.3 is 4.57 Å². The van der Waals surface area contributed by atoms with Crippen LogP contribution in [-0.2, 0) is 13.1 Å². The lowest BCUT2D eigenvalue weighted by molar-refractivity contribution is -0.744. The average molecular weight is 614 g/mol. The highest BCUT2D eigenvalue weighted by Crippen LogP contribution is 2.50. The number of pyridine rings is 2. The van der Waals surface area contributed by atoms with Gasteiger partial charge in [-0.25, -0.2) is 0 Å². The van der Waals surface area contributed by atoms with E-state index in [9.17, 15) is 0 Å². The van der Waals surface area contributed by atoms with Gasteiger partial charge in [0.05, 0.1) is 11.5 Å². The van der Waals surface area contributed by atoms with Crippen molar-refractivity contribution in [2.24, 2.45) is 17.8 Å². The van der Waals surface area contributed by atoms with Gasteiger partial charge in [0.1, 0.15) is 5.92 Å². The van der Waals surface area contributed by atoms with E-state index in [0.29, 0.717) is 11.8 Å². The second-order valence-electron chi connectivity index (χ2n) is 13.7. The first kappa shape index (κ1) is 29.4. The number of hydrogen-bond donors (Lipinski definition) is 0. The zero-order chi connectivity index (χ0) is 32.2. The van der Waals surface area contributed by atoms with Crippen LogP contribution in [0, 0.1) is 17.8 Å². The third kappa shape index (κ3) is 4.71. The molecule has 6 aromatic rings. The second kappa shape index (κ2) is 11.7. The van der Waals surface area contributed by atoms with Crippen molar-refractivity contribution in [1.82, 2.24) is 4.57 Å². The topological polar surface area (TPSA) is 12.7 Å². The molecule has 0 saturated heterocycles. The minimum atomic E-state index is 0.186. The maximum Gasteiger partial charge on any atom is 0.213 e. The van der Waals surface area contributed by atoms with Crippen molar-refractivity contribution in [2.45, 2.75) is 45.8 Å². The molecule has 0 spiro atoms. The van der Waals surface area contributed by atoms with Gasteiger partial charge in [-0.05, 0) is 54.2 Å². The molecule has 2 unspecified atom stereocenters. The van der Waals surface area contributed by atoms with Gasteiger partial charge in [-0.2, -0.15) is 9.13 Å². The number of aromatic nitrogens is 3. The lowest BCUT2D eigenvalue weighted by Crippen LogP contribution is -2.54. The third-order valence-corrected chi connectivity index (χ3v) is 11.0. The van der Waals surface area contributed by atoms with Gasteiger partial charge in [0.2, 0.25) is 11.4 Å². The van der Waals surface area contributed by atoms with Crippen molar-refractivity contribution >= 4 is 29.1 Å². The van der Waals surface area contributed by atoms with E-state index in [2.05, 4.69) is 169 Å². The van der Waals surface area contributed by atoms with Crippen LogP contribution in [0.5, 0.6) is 0 Å². The normalized spacial score (nSPS) is 19.5. The van der Waals surface area contributed by atoms with E-state index in [0.717, 1.165) is 18.4 Å². The highest BCUT2D eigenvalue weighted by atomic mass is 15.1. The van der Waals surface area contributed by atoms with Crippen molar-refractivity contribution in [2.75, 3.05) is 0 Å². The van der Waals surface area contributed by atoms with E-state index in [1.54, 1.807) is 0 Å². The molecule has 0 aliphatic carbocycles. The molecular weight excluding hydrogens is 571 g/mol. The summed E-state index contributed by atoms with van der Waals surface area (Å²) >= 11 is 0. The molecule has 0 fully saturated rings. The average Bonchev–Trinajstić information content (AvgIpc) is 3.30. The van der Waals surface area contributed by atoms with E-state index in [4.69, 9.17) is 6.58 Å². The first-order valence-electron chi connectivity index (χ1n) is 17.1. The highest BCUT2D eigenvalue weighted by molar-refractivity contribution is 5.81. The summed E-state index contributed by atoms with van der Waals surface area (Å²) in [5, 5.41) is 3.61. The summed E-state index contributed by atoms with van der Waals surface area (Å²) in [6, 6.07) is 40.1. The van der Waals surface area contributed by atoms with Crippen LogP contribution in [0.4, 0.5) is 0 Å². The first-order chi connectivity index (χ1) is 23.0. The molecule has 0 amide bonds. The molecule has 3 nitrogen and oxygen atoms in total. The standard InChI is InChI=1S/C44H43N3/c1-6-34-31(5)47(42-21-13-12-19-36(34)42)28-38(29(2)3)43-30(4)40-24-23-33(32-16-8-7-9-17-32)26-45(40)27-39-35-18-10-11-20-37(35)41-22-14-15-25-46(41)44(39)43/h6-26,29,38-39,43-44H,4-5,27-28H2,1-3H3/q+2/b34-6+/t38-,39?,43+,44?/m1/s1. The van der Waals surface area contributed by atoms with Crippen LogP contribution in [0.2, 0.25) is 0 Å². The number of allylic oxidation sites excluding steroid dienone is 1. The number of fused-ring (bicyclic) bond motifs is 8. The Hall–Kier alpha value is -5.02. The van der Waals surface area contributed by atoms with Crippen molar-refractivity contribution in [3.8, 4) is 22.4 Å². The van der Waals surface area contributed by atoms with Crippen molar-refractivity contribution in [3.05, 3.63) is 150 Å². The summed E-state index contributed by atoms with van der Waals surface area (Å²) in [5.41, 5.74) is 10.2. The van der Waals surface area contributed by atoms with Gasteiger partial charge >= 0.3 is 0 Å². The number of rotatable bonds is 5. The zero-order valence-corrected chi connectivity index (χ0v) is 27.7. The molecule has 3 aromatic heterocycles. The monoisotopic (exact) mass is 613 g/mol. The van der Waals surface area contributed by atoms with Crippen LogP contribution >= 0.6 is 0 Å². The molecule has 8 rings (SSSR count). The summed E-state index contributed by atoms with van der Waals surface area (Å²) in [7, 11) is 0. The maximum atomic E-state index is 5.01. The summed E-state index contributed by atoms with van der Waals surface area (Å²) < 4.78 is 7.59. The highest BCUT2D eigenvalue weighted by Gasteiger charge is 2.53. The summed E-state index contributed by atoms with van der Waals surface area (Å²) in [5.74, 6) is 1.17. The number of para-hydroxylation sites is 1. The molecule has 2 aliphatic heterocycles. The SMILES string of the molecule is C=C1c2ccc(-c3ccccc3)c[n+]2CC2c3ccccc3-c3cccc[n+]3C2[C@@H]1[C@H](Cn1c(=C)/c(=C\C)c2ccccc21)C(C)C. The Morgan fingerprint density at radius 3 is 2.36 bits per heavy atom. The molecular formula is C44H43N3+2. The Labute approximate surface area is 278 Å². The van der Waals surface area contributed by atoms with Gasteiger partial charge in [-0.15, -0.1) is 0 Å². The molecule has 0 radical (unpaired) electrons. The molecule has 3 heteroatoms. The molecule has 47 heavy (non-hydrogen) atoms. The molecule has 0 bridgehead atoms. The van der Waals surface area contributed by atoms with E-state index in [1.165, 1.54) is 55.3 Å². The van der Waals surface area contributed by atoms with Crippen LogP contribution in [0.15, 0.2) is 128 Å². The van der Waals surface area contributed by atoms with Gasteiger partial charge in [0, 0.05) is 57.4 Å². The quantitative estimate of drug-likeness (QED) is 0.177. The molecule has 2 aliphatic rings. The smallest absolute Gasteiger partial charge is 0.213 e. The van der Waals surface area contributed by atoms with Crippen LogP contribution in [0.25, 0.3) is 51.5 Å². The maximum absolute atomic E-state index is 5.01. The van der Waals surface area contributed by atoms with E-state index >= 15 is 0 Å². The van der Waals surface area contributed by atoms with Crippen LogP contribution < -0.4 is 19.7 Å². The van der Waals surface area contributed by atoms with E-state index in [1.807, 2.05) is 0 Å². The minimum Gasteiger partial charge on any atom is -0.341 e. The summed E-state index contributed by atoms with van der Waals surface area (Å²) in [6.45, 7) is 18.4. The van der Waals surface area contributed by atoms with Crippen molar-refractivity contribution in [3.63, 3.8) is 0 Å². The largest absolute Gasteiger partial charge is 0.341 e. The van der Waals surface area contributed by atoms with Gasteiger partial charge in [-0.1, -0.05) is 99.8 Å². The Kier molecular flexibility index (Phi) is 7.28. The van der Waals surface area contributed by atoms with Gasteiger partial charge in [-0.3, -0.25) is 0 Å². The van der Waals surface area contributed by atoms with E-state index < -0.39 is 0 Å². The molecule has 3 aromatic carbocycles. The minimum absolute atomic E-state index is 0.186. The molecule has 0 N–H and O–H groups in total. The van der Waals surface area contributed by atoms with Gasteiger partial charge in [0.25, 0.3) is 0 Å². The lowest BCUT2D eigenvalue weighted by Gasteiger charge is -2.37. The Balaban J connectivity index is 1.36. The predicted molar refractivity (Wildman–Crippen MR) is 194 cm³/mol. The molecule has 0 saturated carbocycles. The summed E-state index contributed by atoms with van der Waals surface area (Å²) in [4.78, 5) is 0. The Morgan fingerprint density at radius 1 is 0.809 bits per heavy atom. The number of hydrogen-bond acceptors (Lipinski definition) is 0. The number of benzene rings is 3. The Morgan fingerprint density at radius 2 is 1.55 bits per heavy atom. The molecule has 232 valence electrons. The predicted octanol–water partition coefficient (Wildman–Crippen LogP) is 7.71. The zero-order valence-electron chi connectivity index (χ0n) is 27.7. The fraction of sp³-hybridized carbons (Fsp3) is 0.227. The fourth-order valence-electron chi connectivity index (χ4n) is 8.76. The van der Waals surface area contributed by atoms with E-state index in [-0.39, 0.29) is 17.9 Å². The van der Waals surface area contributed by atoms with Gasteiger partial charge in [0.15, 0.2) is 25.0 Å². The summed E-state index contributed by atoms with van der Waals surface area (Å²) in [6.07, 6.45) is 6.90. The van der Waals surface area contributed by atoms with Crippen LogP contribution in [0.1, 0.15) is 44.0 Å².